The van der Waals surface area contributed by atoms with Gasteiger partial charge in [0.1, 0.15) is 0 Å². The maximum Gasteiger partial charge on any atom is 0.368 e. The fourth-order valence-electron chi connectivity index (χ4n) is 0.416. The molecule has 8 heteroatoms. The van der Waals surface area contributed by atoms with Crippen LogP contribution in [-0.2, 0) is 23.4 Å². The quantitative estimate of drug-likeness (QED) is 0.168. The molecule has 0 radical (unpaired) electrons. The number of hydrogen-bond acceptors (Lipinski definition) is 6. The standard InChI is InChI=1S/C8H16NO6P/c1-7(2)8(10)14-15-16(11,12)13-6-9(3,4)5/h1,6H2,2-5H3. The lowest BCUT2D eigenvalue weighted by Gasteiger charge is -2.27. The van der Waals surface area contributed by atoms with Crippen molar-refractivity contribution in [3.05, 3.63) is 12.2 Å². The summed E-state index contributed by atoms with van der Waals surface area (Å²) in [5.41, 5.74) is 0.0200. The summed E-state index contributed by atoms with van der Waals surface area (Å²) in [4.78, 5) is 25.9. The van der Waals surface area contributed by atoms with Crippen molar-refractivity contribution >= 4 is 13.8 Å². The molecule has 0 aromatic rings. The van der Waals surface area contributed by atoms with Crippen LogP contribution in [0.4, 0.5) is 0 Å². The van der Waals surface area contributed by atoms with Gasteiger partial charge in [0.05, 0.1) is 21.1 Å². The third-order valence-electron chi connectivity index (χ3n) is 1.16. The van der Waals surface area contributed by atoms with Gasteiger partial charge in [0.2, 0.25) is 0 Å². The fourth-order valence-corrected chi connectivity index (χ4v) is 1.11. The molecular weight excluding hydrogens is 237 g/mol. The second-order valence-electron chi connectivity index (χ2n) is 4.22. The topological polar surface area (TPSA) is 84.9 Å². The molecule has 0 aliphatic rings. The molecule has 7 nitrogen and oxygen atoms in total. The Morgan fingerprint density at radius 3 is 2.31 bits per heavy atom. The van der Waals surface area contributed by atoms with E-state index in [0.29, 0.717) is 0 Å². The molecule has 0 saturated heterocycles. The summed E-state index contributed by atoms with van der Waals surface area (Å²) in [5, 5.41) is 0. The van der Waals surface area contributed by atoms with Crippen molar-refractivity contribution in [3.8, 4) is 0 Å². The van der Waals surface area contributed by atoms with E-state index >= 15 is 0 Å². The van der Waals surface area contributed by atoms with Crippen molar-refractivity contribution in [3.63, 3.8) is 0 Å². The number of nitrogens with zero attached hydrogens (tertiary/aromatic N) is 1. The predicted octanol–water partition coefficient (Wildman–Crippen LogP) is 0.186. The van der Waals surface area contributed by atoms with Crippen LogP contribution in [0.1, 0.15) is 6.92 Å². The van der Waals surface area contributed by atoms with E-state index in [1.807, 2.05) is 0 Å². The largest absolute Gasteiger partial charge is 0.754 e. The predicted molar refractivity (Wildman–Crippen MR) is 53.6 cm³/mol. The van der Waals surface area contributed by atoms with E-state index in [-0.39, 0.29) is 16.8 Å². The van der Waals surface area contributed by atoms with E-state index in [9.17, 15) is 14.3 Å². The van der Waals surface area contributed by atoms with Gasteiger partial charge in [0.25, 0.3) is 0 Å². The Hall–Kier alpha value is -0.720. The minimum absolute atomic E-state index is 0.0200. The Bertz CT molecular complexity index is 321. The maximum absolute atomic E-state index is 11.1. The van der Waals surface area contributed by atoms with Gasteiger partial charge >= 0.3 is 13.8 Å². The first-order valence-corrected chi connectivity index (χ1v) is 5.82. The molecule has 0 bridgehead atoms. The normalized spacial score (nSPS) is 15.3. The summed E-state index contributed by atoms with van der Waals surface area (Å²) in [5.74, 6) is -0.968. The van der Waals surface area contributed by atoms with Crippen LogP contribution in [0.5, 0.6) is 0 Å². The van der Waals surface area contributed by atoms with Crippen molar-refractivity contribution in [1.82, 2.24) is 0 Å². The highest BCUT2D eigenvalue weighted by atomic mass is 31.2. The van der Waals surface area contributed by atoms with E-state index < -0.39 is 13.8 Å². The lowest BCUT2D eigenvalue weighted by Crippen LogP contribution is -2.37. The number of phosphoric ester groups is 1. The van der Waals surface area contributed by atoms with Crippen LogP contribution >= 0.6 is 7.82 Å². The smallest absolute Gasteiger partial charge is 0.368 e. The zero-order chi connectivity index (χ0) is 13.0. The highest BCUT2D eigenvalue weighted by molar-refractivity contribution is 7.45. The van der Waals surface area contributed by atoms with Gasteiger partial charge < -0.3 is 9.38 Å². The summed E-state index contributed by atoms with van der Waals surface area (Å²) < 4.78 is 19.7. The molecule has 0 aromatic heterocycles. The van der Waals surface area contributed by atoms with E-state index in [1.54, 1.807) is 21.1 Å². The van der Waals surface area contributed by atoms with E-state index in [0.717, 1.165) is 0 Å². The molecule has 0 saturated carbocycles. The van der Waals surface area contributed by atoms with E-state index in [1.165, 1.54) is 6.92 Å². The summed E-state index contributed by atoms with van der Waals surface area (Å²) in [7, 11) is 0.534. The third kappa shape index (κ3) is 7.56. The van der Waals surface area contributed by atoms with Crippen LogP contribution in [0.15, 0.2) is 12.2 Å². The highest BCUT2D eigenvalue weighted by Crippen LogP contribution is 2.38. The molecule has 94 valence electrons. The van der Waals surface area contributed by atoms with Gasteiger partial charge in [-0.15, -0.1) is 4.67 Å². The van der Waals surface area contributed by atoms with Gasteiger partial charge in [-0.1, -0.05) is 6.58 Å². The van der Waals surface area contributed by atoms with Crippen molar-refractivity contribution in [2.24, 2.45) is 0 Å². The van der Waals surface area contributed by atoms with Crippen LogP contribution in [0, 0.1) is 0 Å². The number of hydrogen-bond donors (Lipinski definition) is 0. The zero-order valence-electron chi connectivity index (χ0n) is 9.76. The van der Waals surface area contributed by atoms with Gasteiger partial charge in [-0.25, -0.2) is 4.79 Å². The molecule has 0 spiro atoms. The van der Waals surface area contributed by atoms with E-state index in [2.05, 4.69) is 20.7 Å². The molecule has 0 aromatic carbocycles. The minimum Gasteiger partial charge on any atom is -0.754 e. The fraction of sp³-hybridized carbons (Fsp3) is 0.625. The van der Waals surface area contributed by atoms with Crippen LogP contribution in [0.25, 0.3) is 0 Å². The first-order chi connectivity index (χ1) is 7.03. The molecule has 0 rings (SSSR count). The second kappa shape index (κ2) is 5.56. The summed E-state index contributed by atoms with van der Waals surface area (Å²) >= 11 is 0. The van der Waals surface area contributed by atoms with Gasteiger partial charge in [0, 0.05) is 5.57 Å². The SMILES string of the molecule is C=C(C)C(=O)OOP(=O)([O-])OC[N+](C)(C)C. The van der Waals surface area contributed by atoms with Gasteiger partial charge in [-0.05, 0) is 6.92 Å². The maximum atomic E-state index is 11.1. The number of carbonyl (C=O) groups is 1. The van der Waals surface area contributed by atoms with Crippen LogP contribution in [0.2, 0.25) is 0 Å². The highest BCUT2D eigenvalue weighted by Gasteiger charge is 2.19. The van der Waals surface area contributed by atoms with Crippen LogP contribution in [0.3, 0.4) is 0 Å². The molecule has 0 fully saturated rings. The molecular formula is C8H16NO6P. The summed E-state index contributed by atoms with van der Waals surface area (Å²) in [6.45, 7) is 4.47. The Morgan fingerprint density at radius 2 is 1.94 bits per heavy atom. The monoisotopic (exact) mass is 253 g/mol. The van der Waals surface area contributed by atoms with Gasteiger partial charge in [0.15, 0.2) is 6.73 Å². The third-order valence-corrected chi connectivity index (χ3v) is 1.84. The van der Waals surface area contributed by atoms with Gasteiger partial charge in [-0.3, -0.25) is 14.0 Å². The lowest BCUT2D eigenvalue weighted by molar-refractivity contribution is -0.887. The van der Waals surface area contributed by atoms with Crippen LogP contribution < -0.4 is 4.89 Å². The average Bonchev–Trinajstić information content (AvgIpc) is 2.10. The first kappa shape index (κ1) is 15.3. The molecule has 1 unspecified atom stereocenters. The van der Waals surface area contributed by atoms with E-state index in [4.69, 9.17) is 0 Å². The Morgan fingerprint density at radius 1 is 1.44 bits per heavy atom. The number of phosphoric acid groups is 1. The Balaban J connectivity index is 4.11. The Kier molecular flexibility index (Phi) is 5.31. The molecule has 0 aliphatic carbocycles. The zero-order valence-corrected chi connectivity index (χ0v) is 10.7. The van der Waals surface area contributed by atoms with Crippen molar-refractivity contribution < 1.29 is 32.8 Å². The summed E-state index contributed by atoms with van der Waals surface area (Å²) in [6.07, 6.45) is 0. The average molecular weight is 253 g/mol. The summed E-state index contributed by atoms with van der Waals surface area (Å²) in [6, 6.07) is 0. The van der Waals surface area contributed by atoms with Crippen molar-refractivity contribution in [2.45, 2.75) is 6.92 Å². The second-order valence-corrected chi connectivity index (χ2v) is 5.52. The number of carbonyl (C=O) groups excluding carboxylic acids is 1. The number of rotatable bonds is 6. The van der Waals surface area contributed by atoms with Crippen LogP contribution in [-0.4, -0.2) is 38.3 Å². The lowest BCUT2D eigenvalue weighted by atomic mass is 10.4. The molecule has 0 heterocycles. The minimum atomic E-state index is -4.63. The molecule has 16 heavy (non-hydrogen) atoms. The number of quaternary nitrogens is 1. The molecule has 0 aliphatic heterocycles. The Labute approximate surface area is 94.3 Å². The first-order valence-electron chi connectivity index (χ1n) is 4.36. The molecule has 1 atom stereocenters. The van der Waals surface area contributed by atoms with Gasteiger partial charge in [-0.2, -0.15) is 0 Å². The van der Waals surface area contributed by atoms with Crippen molar-refractivity contribution in [2.75, 3.05) is 27.9 Å². The molecule has 0 amide bonds. The molecule has 0 N–H and O–H groups in total. The van der Waals surface area contributed by atoms with Crippen molar-refractivity contribution in [1.29, 1.82) is 0 Å².